The minimum Gasteiger partial charge on any atom is -0.481 e. The number of nitrogens with two attached hydrogens (primary N) is 2. The van der Waals surface area contributed by atoms with Gasteiger partial charge in [0.15, 0.2) is 0 Å². The molecule has 0 bridgehead atoms. The van der Waals surface area contributed by atoms with Gasteiger partial charge in [-0.25, -0.2) is 0 Å². The largest absolute Gasteiger partial charge is 0.481 e. The summed E-state index contributed by atoms with van der Waals surface area (Å²) in [7, 11) is 0. The van der Waals surface area contributed by atoms with Crippen LogP contribution in [0.1, 0.15) is 45.4 Å². The zero-order valence-electron chi connectivity index (χ0n) is 19.2. The Balaban J connectivity index is 2.18. The molecule has 1 heterocycles. The van der Waals surface area contributed by atoms with Crippen LogP contribution in [-0.2, 0) is 28.5 Å². The number of aliphatic carboxylic acids is 1. The van der Waals surface area contributed by atoms with Crippen LogP contribution >= 0.6 is 11.8 Å². The highest BCUT2D eigenvalue weighted by Gasteiger charge is 2.42. The van der Waals surface area contributed by atoms with E-state index in [-0.39, 0.29) is 35.1 Å². The first-order valence-electron chi connectivity index (χ1n) is 11.4. The van der Waals surface area contributed by atoms with E-state index in [4.69, 9.17) is 35.5 Å². The molecule has 0 aromatic heterocycles. The van der Waals surface area contributed by atoms with Crippen molar-refractivity contribution in [3.63, 3.8) is 0 Å². The molecule has 10 nitrogen and oxygen atoms in total. The van der Waals surface area contributed by atoms with Crippen molar-refractivity contribution in [3.05, 3.63) is 0 Å². The third-order valence-corrected chi connectivity index (χ3v) is 6.51. The average molecular weight is 480 g/mol. The van der Waals surface area contributed by atoms with E-state index in [1.54, 1.807) is 11.8 Å². The smallest absolute Gasteiger partial charge is 0.303 e. The first-order chi connectivity index (χ1) is 15.5. The summed E-state index contributed by atoms with van der Waals surface area (Å²) in [6.07, 6.45) is 4.21. The molecular weight excluding hydrogens is 438 g/mol. The zero-order chi connectivity index (χ0) is 23.6. The summed E-state index contributed by atoms with van der Waals surface area (Å²) in [6.45, 7) is 5.74. The Hall–Kier alpha value is -0.950. The lowest BCUT2D eigenvalue weighted by Gasteiger charge is -2.23. The van der Waals surface area contributed by atoms with Gasteiger partial charge < -0.3 is 40.8 Å². The van der Waals surface area contributed by atoms with E-state index >= 15 is 0 Å². The second kappa shape index (κ2) is 18.5. The maximum Gasteiger partial charge on any atom is 0.303 e. The molecule has 1 amide bonds. The fourth-order valence-corrected chi connectivity index (χ4v) is 4.96. The van der Waals surface area contributed by atoms with Crippen LogP contribution in [0.25, 0.3) is 0 Å². The van der Waals surface area contributed by atoms with Crippen LogP contribution in [0.3, 0.4) is 0 Å². The van der Waals surface area contributed by atoms with Crippen LogP contribution in [0, 0.1) is 0 Å². The highest BCUT2D eigenvalue weighted by atomic mass is 32.2. The van der Waals surface area contributed by atoms with Crippen molar-refractivity contribution in [2.24, 2.45) is 11.5 Å². The molecule has 0 aliphatic carbocycles. The van der Waals surface area contributed by atoms with E-state index < -0.39 is 5.97 Å². The second-order valence-corrected chi connectivity index (χ2v) is 9.03. The van der Waals surface area contributed by atoms with Crippen molar-refractivity contribution < 1.29 is 33.6 Å². The molecule has 0 radical (unpaired) electrons. The van der Waals surface area contributed by atoms with Crippen LogP contribution < -0.4 is 16.8 Å². The van der Waals surface area contributed by atoms with Crippen molar-refractivity contribution in [3.8, 4) is 0 Å². The number of carboxylic acids is 1. The maximum absolute atomic E-state index is 11.6. The number of carbonyl (C=O) groups excluding carboxylic acids is 1. The minimum atomic E-state index is -0.767. The highest BCUT2D eigenvalue weighted by Crippen LogP contribution is 2.37. The van der Waals surface area contributed by atoms with Crippen molar-refractivity contribution in [2.75, 3.05) is 52.8 Å². The van der Waals surface area contributed by atoms with E-state index in [9.17, 15) is 9.59 Å². The van der Waals surface area contributed by atoms with Gasteiger partial charge in [-0.2, -0.15) is 0 Å². The quantitative estimate of drug-likeness (QED) is 0.183. The Kier molecular flexibility index (Phi) is 16.8. The highest BCUT2D eigenvalue weighted by molar-refractivity contribution is 8.00. The van der Waals surface area contributed by atoms with Crippen LogP contribution in [-0.4, -0.2) is 92.5 Å². The Morgan fingerprint density at radius 3 is 2.22 bits per heavy atom. The fraction of sp³-hybridized carbons (Fsp3) is 0.905. The molecule has 0 spiro atoms. The Bertz CT molecular complexity index is 516. The van der Waals surface area contributed by atoms with Gasteiger partial charge in [0.1, 0.15) is 5.44 Å². The molecule has 0 aromatic rings. The van der Waals surface area contributed by atoms with Gasteiger partial charge in [-0.3, -0.25) is 9.59 Å². The van der Waals surface area contributed by atoms with Crippen LogP contribution in [0.15, 0.2) is 0 Å². The molecule has 188 valence electrons. The average Bonchev–Trinajstić information content (AvgIpc) is 3.02. The summed E-state index contributed by atoms with van der Waals surface area (Å²) in [6, 6.07) is -0.437. The van der Waals surface area contributed by atoms with Gasteiger partial charge >= 0.3 is 5.97 Å². The molecule has 6 N–H and O–H groups in total. The number of hydrogen-bond donors (Lipinski definition) is 4. The SMILES string of the molecule is CC(=O)NC1C(N)[C@H](OCCCOCCOCCOCCN)S[C@H]1CCCCCC(=O)O. The summed E-state index contributed by atoms with van der Waals surface area (Å²) < 4.78 is 22.1. The molecule has 0 aromatic carbocycles. The molecule has 1 aliphatic heterocycles. The monoisotopic (exact) mass is 479 g/mol. The number of amides is 1. The predicted molar refractivity (Wildman–Crippen MR) is 124 cm³/mol. The van der Waals surface area contributed by atoms with E-state index in [1.165, 1.54) is 6.92 Å². The van der Waals surface area contributed by atoms with Crippen molar-refractivity contribution in [1.29, 1.82) is 0 Å². The number of thioether (sulfide) groups is 1. The first kappa shape index (κ1) is 29.1. The van der Waals surface area contributed by atoms with Gasteiger partial charge in [-0.1, -0.05) is 12.8 Å². The molecular formula is C21H41N3O7S. The number of nitrogens with one attached hydrogen (secondary N) is 1. The van der Waals surface area contributed by atoms with Gasteiger partial charge in [-0.05, 0) is 19.3 Å². The lowest BCUT2D eigenvalue weighted by molar-refractivity contribution is -0.137. The van der Waals surface area contributed by atoms with Gasteiger partial charge in [-0.15, -0.1) is 11.8 Å². The molecule has 1 aliphatic rings. The molecule has 4 atom stereocenters. The Morgan fingerprint density at radius 2 is 1.59 bits per heavy atom. The maximum atomic E-state index is 11.6. The minimum absolute atomic E-state index is 0.107. The van der Waals surface area contributed by atoms with Gasteiger partial charge in [0, 0.05) is 31.7 Å². The molecule has 11 heteroatoms. The van der Waals surface area contributed by atoms with Crippen molar-refractivity contribution >= 4 is 23.6 Å². The molecule has 2 unspecified atom stereocenters. The third kappa shape index (κ3) is 13.6. The molecule has 1 saturated heterocycles. The topological polar surface area (TPSA) is 155 Å². The number of hydrogen-bond acceptors (Lipinski definition) is 9. The van der Waals surface area contributed by atoms with Gasteiger partial charge in [0.25, 0.3) is 0 Å². The fourth-order valence-electron chi connectivity index (χ4n) is 3.37. The first-order valence-corrected chi connectivity index (χ1v) is 12.3. The molecule has 1 rings (SSSR count). The predicted octanol–water partition coefficient (Wildman–Crippen LogP) is 0.710. The standard InChI is InChI=1S/C21H41N3O7S/c1-16(25)24-20-17(6-3-2-4-7-18(26)27)32-21(19(20)23)31-10-5-9-28-12-14-30-15-13-29-11-8-22/h17,19-21H,2-15,22-23H2,1H3,(H,24,25)(H,26,27)/t17-,19?,20?,21+/m0/s1. The van der Waals surface area contributed by atoms with Gasteiger partial charge in [0.05, 0.1) is 51.7 Å². The third-order valence-electron chi connectivity index (χ3n) is 4.91. The summed E-state index contributed by atoms with van der Waals surface area (Å²) >= 11 is 1.66. The number of rotatable bonds is 20. The van der Waals surface area contributed by atoms with E-state index in [0.29, 0.717) is 59.2 Å². The van der Waals surface area contributed by atoms with Crippen LogP contribution in [0.2, 0.25) is 0 Å². The normalized spacial score (nSPS) is 22.8. The number of carboxylic acid groups (broad SMARTS) is 1. The summed E-state index contributed by atoms with van der Waals surface area (Å²) in [4.78, 5) is 22.2. The Morgan fingerprint density at radius 1 is 0.938 bits per heavy atom. The van der Waals surface area contributed by atoms with E-state index in [2.05, 4.69) is 5.32 Å². The molecule has 0 saturated carbocycles. The number of ether oxygens (including phenoxy) is 4. The summed E-state index contributed by atoms with van der Waals surface area (Å²) in [5.41, 5.74) is 11.5. The van der Waals surface area contributed by atoms with Crippen molar-refractivity contribution in [1.82, 2.24) is 5.32 Å². The molecule has 1 fully saturated rings. The summed E-state index contributed by atoms with van der Waals surface area (Å²) in [5, 5.41) is 11.9. The lowest BCUT2D eigenvalue weighted by atomic mass is 10.0. The van der Waals surface area contributed by atoms with E-state index in [0.717, 1.165) is 25.7 Å². The summed E-state index contributed by atoms with van der Waals surface area (Å²) in [5.74, 6) is -0.875. The number of unbranched alkanes of at least 4 members (excludes halogenated alkanes) is 2. The zero-order valence-corrected chi connectivity index (χ0v) is 20.0. The molecule has 32 heavy (non-hydrogen) atoms. The van der Waals surface area contributed by atoms with E-state index in [1.807, 2.05) is 0 Å². The van der Waals surface area contributed by atoms with Gasteiger partial charge in [0.2, 0.25) is 5.91 Å². The second-order valence-electron chi connectivity index (χ2n) is 7.69. The van der Waals surface area contributed by atoms with Crippen LogP contribution in [0.4, 0.5) is 0 Å². The number of carbonyl (C=O) groups is 2. The lowest BCUT2D eigenvalue weighted by Crippen LogP contribution is -2.51. The Labute approximate surface area is 195 Å². The van der Waals surface area contributed by atoms with Crippen LogP contribution in [0.5, 0.6) is 0 Å². The van der Waals surface area contributed by atoms with Crippen molar-refractivity contribution in [2.45, 2.75) is 68.2 Å².